The summed E-state index contributed by atoms with van der Waals surface area (Å²) in [6, 6.07) is 5.00. The highest BCUT2D eigenvalue weighted by Crippen LogP contribution is 2.33. The van der Waals surface area contributed by atoms with Crippen LogP contribution in [-0.4, -0.2) is 42.2 Å². The van der Waals surface area contributed by atoms with Gasteiger partial charge in [0.1, 0.15) is 5.82 Å². The average Bonchev–Trinajstić information content (AvgIpc) is 2.33. The van der Waals surface area contributed by atoms with E-state index in [9.17, 15) is 9.59 Å². The minimum absolute atomic E-state index is 0.221. The fourth-order valence-corrected chi connectivity index (χ4v) is 1.91. The molecular formula is C12H14N2O4. The van der Waals surface area contributed by atoms with Gasteiger partial charge in [-0.05, 0) is 19.1 Å². The van der Waals surface area contributed by atoms with Crippen molar-refractivity contribution in [1.29, 1.82) is 0 Å². The molecule has 0 aromatic carbocycles. The fraction of sp³-hybridized carbons (Fsp3) is 0.417. The van der Waals surface area contributed by atoms with Gasteiger partial charge in [0.05, 0.1) is 12.5 Å². The van der Waals surface area contributed by atoms with Crippen molar-refractivity contribution in [2.24, 2.45) is 5.41 Å². The zero-order valence-corrected chi connectivity index (χ0v) is 10.2. The Morgan fingerprint density at radius 1 is 1.44 bits per heavy atom. The predicted molar refractivity (Wildman–Crippen MR) is 63.5 cm³/mol. The number of aromatic nitrogens is 1. The smallest absolute Gasteiger partial charge is 0.356 e. The molecule has 2 rings (SSSR count). The number of carboxylic acids is 1. The summed E-state index contributed by atoms with van der Waals surface area (Å²) < 4.78 is 4.59. The molecule has 0 radical (unpaired) electrons. The normalized spacial score (nSPS) is 16.9. The summed E-state index contributed by atoms with van der Waals surface area (Å²) in [5.41, 5.74) is -0.512. The molecule has 1 N–H and O–H groups in total. The number of carbonyl (C=O) groups excluding carboxylic acids is 1. The second-order valence-electron chi connectivity index (χ2n) is 4.59. The zero-order valence-electron chi connectivity index (χ0n) is 10.2. The average molecular weight is 250 g/mol. The summed E-state index contributed by atoms with van der Waals surface area (Å²) in [5.74, 6) is -0.724. The third kappa shape index (κ3) is 2.01. The number of pyridine rings is 1. The van der Waals surface area contributed by atoms with E-state index >= 15 is 0 Å². The maximum absolute atomic E-state index is 11.3. The Kier molecular flexibility index (Phi) is 2.94. The molecule has 6 nitrogen and oxygen atoms in total. The standard InChI is InChI=1S/C12H14N2O4/c1-12(11(16)17)6-14(7-12)9-5-3-4-8(13-9)10(15)18-2/h3-5H,6-7H2,1-2H3,(H,16,17). The molecule has 1 saturated heterocycles. The third-order valence-corrected chi connectivity index (χ3v) is 3.05. The lowest BCUT2D eigenvalue weighted by molar-refractivity contribution is -0.149. The van der Waals surface area contributed by atoms with Gasteiger partial charge in [0.15, 0.2) is 5.69 Å². The van der Waals surface area contributed by atoms with Crippen LogP contribution in [0, 0.1) is 5.41 Å². The molecule has 0 aliphatic carbocycles. The molecule has 0 bridgehead atoms. The van der Waals surface area contributed by atoms with Crippen LogP contribution in [-0.2, 0) is 9.53 Å². The van der Waals surface area contributed by atoms with Crippen molar-refractivity contribution in [1.82, 2.24) is 4.98 Å². The van der Waals surface area contributed by atoms with Gasteiger partial charge in [-0.2, -0.15) is 0 Å². The largest absolute Gasteiger partial charge is 0.481 e. The number of aliphatic carboxylic acids is 1. The summed E-state index contributed by atoms with van der Waals surface area (Å²) in [4.78, 5) is 28.3. The van der Waals surface area contributed by atoms with E-state index in [1.54, 1.807) is 25.1 Å². The van der Waals surface area contributed by atoms with Gasteiger partial charge in [0.2, 0.25) is 0 Å². The van der Waals surface area contributed by atoms with Crippen molar-refractivity contribution in [2.75, 3.05) is 25.1 Å². The molecule has 1 aromatic rings. The number of anilines is 1. The Morgan fingerprint density at radius 2 is 2.11 bits per heavy atom. The second kappa shape index (κ2) is 4.29. The van der Waals surface area contributed by atoms with Gasteiger partial charge in [0, 0.05) is 13.1 Å². The number of hydrogen-bond donors (Lipinski definition) is 1. The summed E-state index contributed by atoms with van der Waals surface area (Å²) >= 11 is 0. The molecule has 0 saturated carbocycles. The first-order valence-corrected chi connectivity index (χ1v) is 5.50. The first kappa shape index (κ1) is 12.3. The van der Waals surface area contributed by atoms with Crippen LogP contribution >= 0.6 is 0 Å². The molecule has 0 spiro atoms. The molecule has 0 unspecified atom stereocenters. The number of carbonyl (C=O) groups is 2. The SMILES string of the molecule is COC(=O)c1cccc(N2CC(C)(C(=O)O)C2)n1. The summed E-state index contributed by atoms with van der Waals surface area (Å²) in [6.07, 6.45) is 0. The van der Waals surface area contributed by atoms with E-state index in [0.29, 0.717) is 18.9 Å². The van der Waals surface area contributed by atoms with E-state index in [1.165, 1.54) is 7.11 Å². The van der Waals surface area contributed by atoms with E-state index in [-0.39, 0.29) is 5.69 Å². The monoisotopic (exact) mass is 250 g/mol. The number of carboxylic acid groups (broad SMARTS) is 1. The number of nitrogens with zero attached hydrogens (tertiary/aromatic N) is 2. The van der Waals surface area contributed by atoms with Crippen molar-refractivity contribution < 1.29 is 19.4 Å². The zero-order chi connectivity index (χ0) is 13.3. The van der Waals surface area contributed by atoms with Crippen LogP contribution in [0.5, 0.6) is 0 Å². The van der Waals surface area contributed by atoms with E-state index in [4.69, 9.17) is 5.11 Å². The van der Waals surface area contributed by atoms with Gasteiger partial charge < -0.3 is 14.7 Å². The summed E-state index contributed by atoms with van der Waals surface area (Å²) in [5, 5.41) is 9.02. The number of rotatable bonds is 3. The van der Waals surface area contributed by atoms with Crippen molar-refractivity contribution in [2.45, 2.75) is 6.92 Å². The Labute approximate surface area is 104 Å². The Hall–Kier alpha value is -2.11. The number of hydrogen-bond acceptors (Lipinski definition) is 5. The van der Waals surface area contributed by atoms with Gasteiger partial charge in [-0.1, -0.05) is 6.07 Å². The Bertz CT molecular complexity index is 495. The number of esters is 1. The molecule has 1 fully saturated rings. The quantitative estimate of drug-likeness (QED) is 0.798. The summed E-state index contributed by atoms with van der Waals surface area (Å²) in [7, 11) is 1.29. The molecule has 0 atom stereocenters. The highest BCUT2D eigenvalue weighted by Gasteiger charge is 2.45. The van der Waals surface area contributed by atoms with E-state index in [2.05, 4.69) is 9.72 Å². The number of ether oxygens (including phenoxy) is 1. The Morgan fingerprint density at radius 3 is 2.67 bits per heavy atom. The van der Waals surface area contributed by atoms with Crippen LogP contribution in [0.4, 0.5) is 5.82 Å². The van der Waals surface area contributed by atoms with E-state index in [1.807, 2.05) is 4.90 Å². The molecule has 1 aliphatic rings. The topological polar surface area (TPSA) is 79.7 Å². The second-order valence-corrected chi connectivity index (χ2v) is 4.59. The van der Waals surface area contributed by atoms with Gasteiger partial charge in [-0.3, -0.25) is 4.79 Å². The van der Waals surface area contributed by atoms with Crippen molar-refractivity contribution in [3.63, 3.8) is 0 Å². The minimum Gasteiger partial charge on any atom is -0.481 e. The van der Waals surface area contributed by atoms with Crippen LogP contribution in [0.15, 0.2) is 18.2 Å². The lowest BCUT2D eigenvalue weighted by Crippen LogP contribution is -2.59. The van der Waals surface area contributed by atoms with Crippen molar-refractivity contribution in [3.8, 4) is 0 Å². The fourth-order valence-electron chi connectivity index (χ4n) is 1.91. The van der Waals surface area contributed by atoms with Crippen molar-refractivity contribution in [3.05, 3.63) is 23.9 Å². The lowest BCUT2D eigenvalue weighted by Gasteiger charge is -2.45. The van der Waals surface area contributed by atoms with Gasteiger partial charge >= 0.3 is 11.9 Å². The van der Waals surface area contributed by atoms with E-state index in [0.717, 1.165) is 0 Å². The van der Waals surface area contributed by atoms with Crippen molar-refractivity contribution >= 4 is 17.8 Å². The molecule has 1 aromatic heterocycles. The van der Waals surface area contributed by atoms with Gasteiger partial charge in [0.25, 0.3) is 0 Å². The van der Waals surface area contributed by atoms with Crippen LogP contribution in [0.3, 0.4) is 0 Å². The maximum atomic E-state index is 11.3. The third-order valence-electron chi connectivity index (χ3n) is 3.05. The highest BCUT2D eigenvalue weighted by molar-refractivity contribution is 5.87. The molecule has 1 aliphatic heterocycles. The van der Waals surface area contributed by atoms with Gasteiger partial charge in [-0.25, -0.2) is 9.78 Å². The lowest BCUT2D eigenvalue weighted by atomic mass is 9.82. The van der Waals surface area contributed by atoms with Crippen LogP contribution in [0.2, 0.25) is 0 Å². The maximum Gasteiger partial charge on any atom is 0.356 e. The minimum atomic E-state index is -0.817. The Balaban J connectivity index is 2.13. The predicted octanol–water partition coefficient (Wildman–Crippen LogP) is 0.779. The molecule has 0 amide bonds. The highest BCUT2D eigenvalue weighted by atomic mass is 16.5. The molecule has 96 valence electrons. The van der Waals surface area contributed by atoms with Gasteiger partial charge in [-0.15, -0.1) is 0 Å². The number of methoxy groups -OCH3 is 1. The van der Waals surface area contributed by atoms with E-state index < -0.39 is 17.4 Å². The first-order chi connectivity index (χ1) is 8.46. The molecule has 6 heteroatoms. The molecular weight excluding hydrogens is 236 g/mol. The van der Waals surface area contributed by atoms with Crippen LogP contribution in [0.25, 0.3) is 0 Å². The summed E-state index contributed by atoms with van der Waals surface area (Å²) in [6.45, 7) is 2.47. The van der Waals surface area contributed by atoms with Crippen LogP contribution < -0.4 is 4.90 Å². The van der Waals surface area contributed by atoms with Crippen LogP contribution in [0.1, 0.15) is 17.4 Å². The first-order valence-electron chi connectivity index (χ1n) is 5.50. The molecule has 18 heavy (non-hydrogen) atoms. The molecule has 2 heterocycles.